The summed E-state index contributed by atoms with van der Waals surface area (Å²) in [6.07, 6.45) is 2.54. The fraction of sp³-hybridized carbons (Fsp3) is 0.208. The van der Waals surface area contributed by atoms with E-state index in [9.17, 15) is 9.18 Å². The summed E-state index contributed by atoms with van der Waals surface area (Å²) in [6.45, 7) is 1.57. The van der Waals surface area contributed by atoms with Crippen molar-refractivity contribution < 1.29 is 14.3 Å². The van der Waals surface area contributed by atoms with Crippen LogP contribution in [0.4, 0.5) is 4.39 Å². The Hall–Kier alpha value is -3.16. The zero-order chi connectivity index (χ0) is 21.4. The Morgan fingerprint density at radius 1 is 1.13 bits per heavy atom. The molecule has 1 aliphatic heterocycles. The Morgan fingerprint density at radius 3 is 2.68 bits per heavy atom. The Kier molecular flexibility index (Phi) is 5.21. The van der Waals surface area contributed by atoms with E-state index >= 15 is 0 Å². The van der Waals surface area contributed by atoms with Crippen molar-refractivity contribution in [3.8, 4) is 10.6 Å². The molecule has 31 heavy (non-hydrogen) atoms. The molecule has 0 saturated carbocycles. The van der Waals surface area contributed by atoms with Crippen molar-refractivity contribution in [2.45, 2.75) is 13.0 Å². The van der Waals surface area contributed by atoms with Crippen molar-refractivity contribution in [1.82, 2.24) is 14.9 Å². The molecule has 0 aliphatic carbocycles. The van der Waals surface area contributed by atoms with Crippen molar-refractivity contribution in [2.24, 2.45) is 5.92 Å². The van der Waals surface area contributed by atoms with Crippen LogP contribution in [-0.4, -0.2) is 39.0 Å². The van der Waals surface area contributed by atoms with E-state index in [-0.39, 0.29) is 11.7 Å². The third-order valence-corrected chi connectivity index (χ3v) is 6.58. The maximum atomic E-state index is 14.8. The van der Waals surface area contributed by atoms with E-state index in [4.69, 9.17) is 5.11 Å². The molecule has 1 N–H and O–H groups in total. The van der Waals surface area contributed by atoms with Crippen LogP contribution >= 0.6 is 11.3 Å². The minimum atomic E-state index is -0.768. The molecule has 1 aliphatic rings. The quantitative estimate of drug-likeness (QED) is 0.481. The summed E-state index contributed by atoms with van der Waals surface area (Å²) < 4.78 is 15.8. The van der Waals surface area contributed by atoms with Crippen LogP contribution in [0.25, 0.3) is 20.8 Å². The van der Waals surface area contributed by atoms with E-state index in [1.54, 1.807) is 6.07 Å². The lowest BCUT2D eigenvalue weighted by molar-refractivity contribution is -0.147. The summed E-state index contributed by atoms with van der Waals surface area (Å²) in [6, 6.07) is 17.3. The second-order valence-corrected chi connectivity index (χ2v) is 8.90. The summed E-state index contributed by atoms with van der Waals surface area (Å²) in [5, 5.41) is 9.61. The number of carboxylic acid groups (broad SMARTS) is 1. The van der Waals surface area contributed by atoms with Gasteiger partial charge < -0.3 is 5.11 Å². The lowest BCUT2D eigenvalue weighted by Crippen LogP contribution is -2.49. The molecule has 0 spiro atoms. The van der Waals surface area contributed by atoms with Gasteiger partial charge in [-0.3, -0.25) is 14.7 Å². The zero-order valence-corrected chi connectivity index (χ0v) is 17.5. The minimum Gasteiger partial charge on any atom is -0.481 e. The summed E-state index contributed by atoms with van der Waals surface area (Å²) >= 11 is 1.43. The van der Waals surface area contributed by atoms with Crippen molar-refractivity contribution >= 4 is 27.5 Å². The first-order valence-electron chi connectivity index (χ1n) is 10.1. The molecule has 2 aromatic carbocycles. The number of nitrogens with zero attached hydrogens (tertiary/aromatic N) is 3. The maximum Gasteiger partial charge on any atom is 0.309 e. The lowest BCUT2D eigenvalue weighted by atomic mass is 9.99. The van der Waals surface area contributed by atoms with Crippen LogP contribution < -0.4 is 0 Å². The molecular weight excluding hydrogens is 413 g/mol. The van der Waals surface area contributed by atoms with Crippen molar-refractivity contribution in [1.29, 1.82) is 0 Å². The number of benzene rings is 2. The Morgan fingerprint density at radius 2 is 1.94 bits per heavy atom. The van der Waals surface area contributed by atoms with E-state index in [0.29, 0.717) is 30.2 Å². The first-order chi connectivity index (χ1) is 15.0. The lowest BCUT2D eigenvalue weighted by Gasteiger charge is -2.36. The first kappa shape index (κ1) is 19.8. The average molecular weight is 434 g/mol. The summed E-state index contributed by atoms with van der Waals surface area (Å²) in [5.41, 5.74) is 4.24. The van der Waals surface area contributed by atoms with E-state index in [2.05, 4.69) is 22.1 Å². The molecule has 0 amide bonds. The maximum absolute atomic E-state index is 14.8. The fourth-order valence-corrected chi connectivity index (χ4v) is 4.78. The van der Waals surface area contributed by atoms with Crippen molar-refractivity contribution in [2.75, 3.05) is 13.1 Å². The molecule has 4 aromatic rings. The fourth-order valence-electron chi connectivity index (χ4n) is 3.84. The number of hydrogen-bond donors (Lipinski definition) is 1. The van der Waals surface area contributed by atoms with Crippen molar-refractivity contribution in [3.05, 3.63) is 83.4 Å². The standard InChI is InChI=1S/C24H20FN3O2S/c25-20-9-16(12-28-13-17(14-28)24(29)30)6-7-19(20)23-27-21-10-18(26-11-22(21)31-23)8-15-4-2-1-3-5-15/h1-7,9-11,17H,8,12-14H2,(H,29,30). The monoisotopic (exact) mass is 433 g/mol. The van der Waals surface area contributed by atoms with Crippen LogP contribution in [0.2, 0.25) is 0 Å². The second kappa shape index (κ2) is 8.17. The third kappa shape index (κ3) is 4.19. The highest BCUT2D eigenvalue weighted by Gasteiger charge is 2.32. The van der Waals surface area contributed by atoms with Gasteiger partial charge in [0.2, 0.25) is 0 Å². The predicted molar refractivity (Wildman–Crippen MR) is 118 cm³/mol. The molecule has 0 unspecified atom stereocenters. The number of rotatable bonds is 6. The van der Waals surface area contributed by atoms with E-state index in [1.165, 1.54) is 23.0 Å². The smallest absolute Gasteiger partial charge is 0.309 e. The van der Waals surface area contributed by atoms with E-state index < -0.39 is 5.97 Å². The minimum absolute atomic E-state index is 0.313. The van der Waals surface area contributed by atoms with Gasteiger partial charge in [0.05, 0.1) is 16.1 Å². The number of hydrogen-bond acceptors (Lipinski definition) is 5. The zero-order valence-electron chi connectivity index (χ0n) is 16.7. The molecular formula is C24H20FN3O2S. The van der Waals surface area contributed by atoms with Gasteiger partial charge in [0.1, 0.15) is 10.8 Å². The number of fused-ring (bicyclic) bond motifs is 1. The van der Waals surface area contributed by atoms with Crippen LogP contribution in [0, 0.1) is 11.7 Å². The number of carbonyl (C=O) groups is 1. The highest BCUT2D eigenvalue weighted by molar-refractivity contribution is 7.21. The molecule has 156 valence electrons. The van der Waals surface area contributed by atoms with Gasteiger partial charge in [-0.1, -0.05) is 36.4 Å². The van der Waals surface area contributed by atoms with Gasteiger partial charge in [-0.2, -0.15) is 0 Å². The topological polar surface area (TPSA) is 66.3 Å². The first-order valence-corrected chi connectivity index (χ1v) is 10.9. The molecule has 0 bridgehead atoms. The number of halogens is 1. The van der Waals surface area contributed by atoms with Crippen LogP contribution in [0.15, 0.2) is 60.8 Å². The number of likely N-dealkylation sites (tertiary alicyclic amines) is 1. The molecule has 7 heteroatoms. The Balaban J connectivity index is 1.33. The van der Waals surface area contributed by atoms with E-state index in [0.717, 1.165) is 27.9 Å². The molecule has 1 fully saturated rings. The molecule has 5 nitrogen and oxygen atoms in total. The molecule has 2 aromatic heterocycles. The molecule has 0 radical (unpaired) electrons. The number of carboxylic acids is 1. The largest absolute Gasteiger partial charge is 0.481 e. The van der Waals surface area contributed by atoms with Gasteiger partial charge in [-0.15, -0.1) is 11.3 Å². The van der Waals surface area contributed by atoms with Crippen LogP contribution in [0.1, 0.15) is 16.8 Å². The Labute approximate surface area is 182 Å². The normalized spacial score (nSPS) is 14.6. The van der Waals surface area contributed by atoms with Gasteiger partial charge in [0.15, 0.2) is 0 Å². The van der Waals surface area contributed by atoms with Crippen LogP contribution in [0.3, 0.4) is 0 Å². The summed E-state index contributed by atoms with van der Waals surface area (Å²) in [5.74, 6) is -1.40. The predicted octanol–water partition coefficient (Wildman–Crippen LogP) is 4.60. The number of aliphatic carboxylic acids is 1. The summed E-state index contributed by atoms with van der Waals surface area (Å²) in [7, 11) is 0. The molecule has 1 saturated heterocycles. The van der Waals surface area contributed by atoms with Gasteiger partial charge in [0.25, 0.3) is 0 Å². The van der Waals surface area contributed by atoms with Crippen molar-refractivity contribution in [3.63, 3.8) is 0 Å². The SMILES string of the molecule is O=C(O)C1CN(Cc2ccc(-c3nc4cc(Cc5ccccc5)ncc4s3)c(F)c2)C1. The highest BCUT2D eigenvalue weighted by atomic mass is 32.1. The van der Waals surface area contributed by atoms with Gasteiger partial charge >= 0.3 is 5.97 Å². The van der Waals surface area contributed by atoms with Gasteiger partial charge in [-0.05, 0) is 29.3 Å². The van der Waals surface area contributed by atoms with Crippen LogP contribution in [-0.2, 0) is 17.8 Å². The summed E-state index contributed by atoms with van der Waals surface area (Å²) in [4.78, 5) is 22.1. The number of aromatic nitrogens is 2. The average Bonchev–Trinajstić information content (AvgIpc) is 3.14. The molecule has 5 rings (SSSR count). The van der Waals surface area contributed by atoms with E-state index in [1.807, 2.05) is 41.4 Å². The highest BCUT2D eigenvalue weighted by Crippen LogP contribution is 2.32. The molecule has 0 atom stereocenters. The number of thiazole rings is 1. The van der Waals surface area contributed by atoms with Gasteiger partial charge in [0, 0.05) is 43.5 Å². The molecule has 3 heterocycles. The number of pyridine rings is 1. The second-order valence-electron chi connectivity index (χ2n) is 7.87. The van der Waals surface area contributed by atoms with Crippen LogP contribution in [0.5, 0.6) is 0 Å². The third-order valence-electron chi connectivity index (χ3n) is 5.54. The van der Waals surface area contributed by atoms with Gasteiger partial charge in [-0.25, -0.2) is 9.37 Å². The Bertz CT molecular complexity index is 1250.